The summed E-state index contributed by atoms with van der Waals surface area (Å²) < 4.78 is 0. The van der Waals surface area contributed by atoms with Gasteiger partial charge < -0.3 is 10.0 Å². The Bertz CT molecular complexity index is 139. The molecule has 1 aliphatic carbocycles. The molecule has 13 heavy (non-hydrogen) atoms. The van der Waals surface area contributed by atoms with Crippen molar-refractivity contribution in [1.29, 1.82) is 0 Å². The average molecular weight is 185 g/mol. The molecule has 1 saturated carbocycles. The van der Waals surface area contributed by atoms with Crippen LogP contribution in [0.3, 0.4) is 0 Å². The Balaban J connectivity index is 2.41. The maximum atomic E-state index is 10.3. The number of likely N-dealkylation sites (N-methyl/N-ethyl adjacent to an activating group) is 1. The van der Waals surface area contributed by atoms with Gasteiger partial charge >= 0.3 is 0 Å². The van der Waals surface area contributed by atoms with E-state index in [4.69, 9.17) is 0 Å². The first-order valence-electron chi connectivity index (χ1n) is 5.57. The van der Waals surface area contributed by atoms with Crippen LogP contribution in [0.1, 0.15) is 45.4 Å². The van der Waals surface area contributed by atoms with Crippen LogP contribution in [-0.2, 0) is 0 Å². The minimum Gasteiger partial charge on any atom is -0.389 e. The zero-order chi connectivity index (χ0) is 9.73. The minimum atomic E-state index is -0.388. The molecule has 0 radical (unpaired) electrons. The van der Waals surface area contributed by atoms with E-state index in [1.165, 1.54) is 25.7 Å². The van der Waals surface area contributed by atoms with Gasteiger partial charge in [-0.05, 0) is 26.4 Å². The maximum absolute atomic E-state index is 10.3. The molecule has 1 aliphatic rings. The second-order valence-corrected chi connectivity index (χ2v) is 4.47. The smallest absolute Gasteiger partial charge is 0.0774 e. The minimum absolute atomic E-state index is 0.388. The summed E-state index contributed by atoms with van der Waals surface area (Å²) in [6, 6.07) is 0. The van der Waals surface area contributed by atoms with Crippen molar-refractivity contribution in [2.75, 3.05) is 20.1 Å². The van der Waals surface area contributed by atoms with Crippen molar-refractivity contribution in [2.45, 2.75) is 51.0 Å². The number of nitrogens with zero attached hydrogens (tertiary/aromatic N) is 1. The van der Waals surface area contributed by atoms with Gasteiger partial charge in [-0.3, -0.25) is 0 Å². The largest absolute Gasteiger partial charge is 0.389 e. The van der Waals surface area contributed by atoms with E-state index in [2.05, 4.69) is 18.9 Å². The summed E-state index contributed by atoms with van der Waals surface area (Å²) in [5, 5.41) is 10.3. The number of aliphatic hydroxyl groups is 1. The molecule has 0 bridgehead atoms. The van der Waals surface area contributed by atoms with Gasteiger partial charge in [-0.25, -0.2) is 0 Å². The predicted octanol–water partition coefficient (Wildman–Crippen LogP) is 2.02. The first kappa shape index (κ1) is 11.0. The highest BCUT2D eigenvalue weighted by Crippen LogP contribution is 2.27. The molecule has 0 atom stereocenters. The lowest BCUT2D eigenvalue weighted by Gasteiger charge is -2.31. The molecule has 0 spiro atoms. The molecule has 0 saturated heterocycles. The Morgan fingerprint density at radius 3 is 2.15 bits per heavy atom. The Morgan fingerprint density at radius 2 is 1.69 bits per heavy atom. The lowest BCUT2D eigenvalue weighted by atomic mass is 9.94. The van der Waals surface area contributed by atoms with Gasteiger partial charge in [0.2, 0.25) is 0 Å². The highest BCUT2D eigenvalue weighted by molar-refractivity contribution is 4.83. The highest BCUT2D eigenvalue weighted by Gasteiger charge is 2.28. The van der Waals surface area contributed by atoms with Crippen molar-refractivity contribution in [3.8, 4) is 0 Å². The van der Waals surface area contributed by atoms with Crippen molar-refractivity contribution in [1.82, 2.24) is 4.90 Å². The van der Waals surface area contributed by atoms with Crippen LogP contribution in [-0.4, -0.2) is 35.7 Å². The third-order valence-corrected chi connectivity index (χ3v) is 3.14. The van der Waals surface area contributed by atoms with Crippen LogP contribution in [0.4, 0.5) is 0 Å². The number of hydrogen-bond donors (Lipinski definition) is 1. The van der Waals surface area contributed by atoms with Gasteiger partial charge in [-0.15, -0.1) is 0 Å². The van der Waals surface area contributed by atoms with Crippen LogP contribution >= 0.6 is 0 Å². The van der Waals surface area contributed by atoms with Crippen molar-refractivity contribution >= 4 is 0 Å². The first-order valence-corrected chi connectivity index (χ1v) is 5.57. The van der Waals surface area contributed by atoms with Crippen LogP contribution < -0.4 is 0 Å². The van der Waals surface area contributed by atoms with Crippen LogP contribution in [0, 0.1) is 0 Å². The van der Waals surface area contributed by atoms with E-state index in [0.29, 0.717) is 0 Å². The molecule has 0 heterocycles. The lowest BCUT2D eigenvalue weighted by molar-refractivity contribution is -0.00211. The molecule has 78 valence electrons. The van der Waals surface area contributed by atoms with Crippen LogP contribution in [0.2, 0.25) is 0 Å². The molecule has 0 aromatic heterocycles. The fourth-order valence-electron chi connectivity index (χ4n) is 2.16. The summed E-state index contributed by atoms with van der Waals surface area (Å²) in [5.74, 6) is 0. The third kappa shape index (κ3) is 3.65. The van der Waals surface area contributed by atoms with E-state index in [1.54, 1.807) is 0 Å². The molecule has 1 fully saturated rings. The standard InChI is InChI=1S/C11H23NO/c1-3-12(2)10-11(13)8-6-4-5-7-9-11/h13H,3-10H2,1-2H3. The van der Waals surface area contributed by atoms with Gasteiger partial charge in [-0.2, -0.15) is 0 Å². The second kappa shape index (κ2) is 4.97. The molecule has 0 aromatic rings. The normalized spacial score (nSPS) is 23.1. The first-order chi connectivity index (χ1) is 6.16. The van der Waals surface area contributed by atoms with E-state index >= 15 is 0 Å². The summed E-state index contributed by atoms with van der Waals surface area (Å²) in [5.41, 5.74) is -0.388. The summed E-state index contributed by atoms with van der Waals surface area (Å²) in [4.78, 5) is 2.21. The Hall–Kier alpha value is -0.0800. The van der Waals surface area contributed by atoms with Crippen molar-refractivity contribution in [3.63, 3.8) is 0 Å². The molecular weight excluding hydrogens is 162 g/mol. The molecule has 2 heteroatoms. The molecule has 0 aromatic carbocycles. The van der Waals surface area contributed by atoms with Gasteiger partial charge in [0.05, 0.1) is 5.60 Å². The Morgan fingerprint density at radius 1 is 1.15 bits per heavy atom. The highest BCUT2D eigenvalue weighted by atomic mass is 16.3. The van der Waals surface area contributed by atoms with E-state index in [-0.39, 0.29) is 5.60 Å². The van der Waals surface area contributed by atoms with Gasteiger partial charge in [-0.1, -0.05) is 32.6 Å². The van der Waals surface area contributed by atoms with Gasteiger partial charge in [0.15, 0.2) is 0 Å². The van der Waals surface area contributed by atoms with Crippen LogP contribution in [0.15, 0.2) is 0 Å². The van der Waals surface area contributed by atoms with Gasteiger partial charge in [0.1, 0.15) is 0 Å². The second-order valence-electron chi connectivity index (χ2n) is 4.47. The molecule has 1 N–H and O–H groups in total. The summed E-state index contributed by atoms with van der Waals surface area (Å²) in [7, 11) is 2.09. The van der Waals surface area contributed by atoms with E-state index in [0.717, 1.165) is 25.9 Å². The van der Waals surface area contributed by atoms with E-state index < -0.39 is 0 Å². The third-order valence-electron chi connectivity index (χ3n) is 3.14. The maximum Gasteiger partial charge on any atom is 0.0774 e. The zero-order valence-corrected chi connectivity index (χ0v) is 9.05. The molecule has 0 amide bonds. The fourth-order valence-corrected chi connectivity index (χ4v) is 2.16. The van der Waals surface area contributed by atoms with Crippen LogP contribution in [0.5, 0.6) is 0 Å². The number of hydrogen-bond acceptors (Lipinski definition) is 2. The quantitative estimate of drug-likeness (QED) is 0.680. The average Bonchev–Trinajstić information content (AvgIpc) is 2.30. The number of rotatable bonds is 3. The molecular formula is C11H23NO. The fraction of sp³-hybridized carbons (Fsp3) is 1.00. The molecule has 1 rings (SSSR count). The van der Waals surface area contributed by atoms with Crippen molar-refractivity contribution < 1.29 is 5.11 Å². The monoisotopic (exact) mass is 185 g/mol. The lowest BCUT2D eigenvalue weighted by Crippen LogP contribution is -2.41. The Kier molecular flexibility index (Phi) is 4.20. The summed E-state index contributed by atoms with van der Waals surface area (Å²) >= 11 is 0. The van der Waals surface area contributed by atoms with Crippen molar-refractivity contribution in [2.24, 2.45) is 0 Å². The van der Waals surface area contributed by atoms with E-state index in [9.17, 15) is 5.11 Å². The molecule has 2 nitrogen and oxygen atoms in total. The Labute approximate surface area is 81.9 Å². The summed E-state index contributed by atoms with van der Waals surface area (Å²) in [6.45, 7) is 4.02. The van der Waals surface area contributed by atoms with Gasteiger partial charge in [0, 0.05) is 6.54 Å². The zero-order valence-electron chi connectivity index (χ0n) is 9.05. The summed E-state index contributed by atoms with van der Waals surface area (Å²) in [6.07, 6.45) is 7.01. The topological polar surface area (TPSA) is 23.5 Å². The SMILES string of the molecule is CCN(C)CC1(O)CCCCCC1. The molecule has 0 aliphatic heterocycles. The van der Waals surface area contributed by atoms with Crippen molar-refractivity contribution in [3.05, 3.63) is 0 Å². The predicted molar refractivity (Wildman–Crippen MR) is 55.8 cm³/mol. The van der Waals surface area contributed by atoms with Crippen LogP contribution in [0.25, 0.3) is 0 Å². The molecule has 0 unspecified atom stereocenters. The van der Waals surface area contributed by atoms with E-state index in [1.807, 2.05) is 0 Å². The van der Waals surface area contributed by atoms with Gasteiger partial charge in [0.25, 0.3) is 0 Å².